The van der Waals surface area contributed by atoms with Crippen LogP contribution in [0.5, 0.6) is 11.5 Å². The quantitative estimate of drug-likeness (QED) is 0.284. The predicted octanol–water partition coefficient (Wildman–Crippen LogP) is 5.90. The van der Waals surface area contributed by atoms with E-state index in [-0.39, 0.29) is 18.2 Å². The molecule has 33 heavy (non-hydrogen) atoms. The minimum Gasteiger partial charge on any atom is -0.496 e. The molecule has 0 saturated heterocycles. The van der Waals surface area contributed by atoms with Crippen molar-refractivity contribution >= 4 is 28.1 Å². The van der Waals surface area contributed by atoms with Gasteiger partial charge in [-0.3, -0.25) is 14.9 Å². The largest absolute Gasteiger partial charge is 0.496 e. The van der Waals surface area contributed by atoms with E-state index >= 15 is 0 Å². The summed E-state index contributed by atoms with van der Waals surface area (Å²) in [4.78, 5) is 23.6. The monoisotopic (exact) mass is 442 g/mol. The number of rotatable bonds is 7. The van der Waals surface area contributed by atoms with Crippen LogP contribution in [-0.2, 0) is 6.61 Å². The van der Waals surface area contributed by atoms with E-state index in [0.717, 1.165) is 10.8 Å². The summed E-state index contributed by atoms with van der Waals surface area (Å²) in [5.74, 6) is 0.921. The standard InChI is InChI=1S/C26H22N2O5/c1-17-23(8-5-9-24(17)28(30)31)27-26(29)20-11-13-25(32-2)21(14-20)16-33-22-12-10-18-6-3-4-7-19(18)15-22/h3-15H,16H2,1-2H3,(H,27,29). The van der Waals surface area contributed by atoms with Crippen LogP contribution in [0.25, 0.3) is 10.8 Å². The Morgan fingerprint density at radius 2 is 1.76 bits per heavy atom. The molecule has 1 amide bonds. The number of nitro benzene ring substituents is 1. The average molecular weight is 442 g/mol. The summed E-state index contributed by atoms with van der Waals surface area (Å²) in [6.07, 6.45) is 0. The van der Waals surface area contributed by atoms with E-state index in [4.69, 9.17) is 9.47 Å². The molecule has 0 aromatic heterocycles. The van der Waals surface area contributed by atoms with Gasteiger partial charge in [-0.2, -0.15) is 0 Å². The molecule has 0 saturated carbocycles. The van der Waals surface area contributed by atoms with Gasteiger partial charge in [0.1, 0.15) is 18.1 Å². The fourth-order valence-electron chi connectivity index (χ4n) is 3.60. The number of fused-ring (bicyclic) bond motifs is 1. The fraction of sp³-hybridized carbons (Fsp3) is 0.115. The van der Waals surface area contributed by atoms with Crippen molar-refractivity contribution in [2.45, 2.75) is 13.5 Å². The molecule has 166 valence electrons. The van der Waals surface area contributed by atoms with Gasteiger partial charge in [0.25, 0.3) is 11.6 Å². The highest BCUT2D eigenvalue weighted by molar-refractivity contribution is 6.05. The molecule has 4 aromatic carbocycles. The Morgan fingerprint density at radius 1 is 0.970 bits per heavy atom. The molecule has 0 spiro atoms. The van der Waals surface area contributed by atoms with E-state index in [1.165, 1.54) is 12.1 Å². The highest BCUT2D eigenvalue weighted by Crippen LogP contribution is 2.27. The summed E-state index contributed by atoms with van der Waals surface area (Å²) < 4.78 is 11.4. The van der Waals surface area contributed by atoms with E-state index in [9.17, 15) is 14.9 Å². The Morgan fingerprint density at radius 3 is 2.52 bits per heavy atom. The van der Waals surface area contributed by atoms with Crippen LogP contribution in [0.4, 0.5) is 11.4 Å². The van der Waals surface area contributed by atoms with Crippen LogP contribution in [0.15, 0.2) is 78.9 Å². The molecule has 0 heterocycles. The number of hydrogen-bond donors (Lipinski definition) is 1. The van der Waals surface area contributed by atoms with Gasteiger partial charge in [-0.1, -0.05) is 36.4 Å². The van der Waals surface area contributed by atoms with Gasteiger partial charge in [-0.05, 0) is 54.1 Å². The number of anilines is 1. The number of benzene rings is 4. The lowest BCUT2D eigenvalue weighted by atomic mass is 10.1. The molecule has 4 aromatic rings. The second kappa shape index (κ2) is 9.40. The van der Waals surface area contributed by atoms with Gasteiger partial charge < -0.3 is 14.8 Å². The maximum Gasteiger partial charge on any atom is 0.274 e. The molecule has 0 bridgehead atoms. The fourth-order valence-corrected chi connectivity index (χ4v) is 3.60. The number of nitrogens with zero attached hydrogens (tertiary/aromatic N) is 1. The van der Waals surface area contributed by atoms with Crippen LogP contribution >= 0.6 is 0 Å². The van der Waals surface area contributed by atoms with E-state index in [1.54, 1.807) is 38.3 Å². The normalized spacial score (nSPS) is 10.6. The zero-order valence-electron chi connectivity index (χ0n) is 18.2. The molecule has 0 radical (unpaired) electrons. The zero-order chi connectivity index (χ0) is 23.4. The molecular formula is C26H22N2O5. The van der Waals surface area contributed by atoms with Gasteiger partial charge in [0.15, 0.2) is 0 Å². The number of amides is 1. The molecule has 0 aliphatic rings. The van der Waals surface area contributed by atoms with Crippen molar-refractivity contribution in [2.24, 2.45) is 0 Å². The van der Waals surface area contributed by atoms with Crippen molar-refractivity contribution < 1.29 is 19.2 Å². The number of carbonyl (C=O) groups is 1. The Hall–Kier alpha value is -4.39. The van der Waals surface area contributed by atoms with E-state index < -0.39 is 4.92 Å². The van der Waals surface area contributed by atoms with Crippen LogP contribution in [0.2, 0.25) is 0 Å². The summed E-state index contributed by atoms with van der Waals surface area (Å²) in [5.41, 5.74) is 1.82. The molecule has 0 aliphatic carbocycles. The maximum atomic E-state index is 12.9. The van der Waals surface area contributed by atoms with E-state index in [0.29, 0.717) is 33.9 Å². The third-order valence-electron chi connectivity index (χ3n) is 5.41. The molecule has 4 rings (SSSR count). The van der Waals surface area contributed by atoms with Crippen molar-refractivity contribution in [3.05, 3.63) is 106 Å². The van der Waals surface area contributed by atoms with Crippen LogP contribution in [-0.4, -0.2) is 17.9 Å². The summed E-state index contributed by atoms with van der Waals surface area (Å²) in [6.45, 7) is 1.81. The first kappa shape index (κ1) is 21.8. The van der Waals surface area contributed by atoms with Crippen molar-refractivity contribution in [3.8, 4) is 11.5 Å². The molecule has 0 fully saturated rings. The lowest BCUT2D eigenvalue weighted by Crippen LogP contribution is -2.14. The molecule has 0 aliphatic heterocycles. The van der Waals surface area contributed by atoms with Crippen molar-refractivity contribution in [3.63, 3.8) is 0 Å². The van der Waals surface area contributed by atoms with E-state index in [2.05, 4.69) is 5.32 Å². The Kier molecular flexibility index (Phi) is 6.22. The van der Waals surface area contributed by atoms with Gasteiger partial charge in [-0.25, -0.2) is 0 Å². The molecule has 0 unspecified atom stereocenters. The lowest BCUT2D eigenvalue weighted by molar-refractivity contribution is -0.385. The number of hydrogen-bond acceptors (Lipinski definition) is 5. The minimum absolute atomic E-state index is 0.0491. The Labute approximate surface area is 190 Å². The minimum atomic E-state index is -0.472. The first-order chi connectivity index (χ1) is 16.0. The molecule has 7 nitrogen and oxygen atoms in total. The number of nitrogens with one attached hydrogen (secondary N) is 1. The Bertz CT molecular complexity index is 1350. The maximum absolute atomic E-state index is 12.9. The third-order valence-corrected chi connectivity index (χ3v) is 5.41. The second-order valence-corrected chi connectivity index (χ2v) is 7.49. The van der Waals surface area contributed by atoms with Crippen molar-refractivity contribution in [2.75, 3.05) is 12.4 Å². The number of carbonyl (C=O) groups excluding carboxylic acids is 1. The molecule has 0 atom stereocenters. The number of nitro groups is 1. The first-order valence-corrected chi connectivity index (χ1v) is 10.3. The van der Waals surface area contributed by atoms with Crippen molar-refractivity contribution in [1.82, 2.24) is 0 Å². The Balaban J connectivity index is 1.54. The second-order valence-electron chi connectivity index (χ2n) is 7.49. The van der Waals surface area contributed by atoms with Crippen LogP contribution in [0, 0.1) is 17.0 Å². The number of methoxy groups -OCH3 is 1. The van der Waals surface area contributed by atoms with Gasteiger partial charge in [0, 0.05) is 17.2 Å². The summed E-state index contributed by atoms with van der Waals surface area (Å²) >= 11 is 0. The van der Waals surface area contributed by atoms with E-state index in [1.807, 2.05) is 42.5 Å². The van der Waals surface area contributed by atoms with Crippen LogP contribution in [0.3, 0.4) is 0 Å². The van der Waals surface area contributed by atoms with Crippen LogP contribution in [0.1, 0.15) is 21.5 Å². The zero-order valence-corrected chi connectivity index (χ0v) is 18.2. The van der Waals surface area contributed by atoms with Crippen molar-refractivity contribution in [1.29, 1.82) is 0 Å². The molecule has 7 heteroatoms. The SMILES string of the molecule is COc1ccc(C(=O)Nc2cccc([N+](=O)[O-])c2C)cc1COc1ccc2ccccc2c1. The first-order valence-electron chi connectivity index (χ1n) is 10.3. The van der Waals surface area contributed by atoms with Gasteiger partial charge in [0.2, 0.25) is 0 Å². The average Bonchev–Trinajstić information content (AvgIpc) is 2.83. The molecular weight excluding hydrogens is 420 g/mol. The van der Waals surface area contributed by atoms with Gasteiger partial charge >= 0.3 is 0 Å². The molecule has 1 N–H and O–H groups in total. The topological polar surface area (TPSA) is 90.7 Å². The smallest absolute Gasteiger partial charge is 0.274 e. The highest BCUT2D eigenvalue weighted by atomic mass is 16.6. The summed E-state index contributed by atoms with van der Waals surface area (Å²) in [7, 11) is 1.56. The predicted molar refractivity (Wildman–Crippen MR) is 127 cm³/mol. The highest BCUT2D eigenvalue weighted by Gasteiger charge is 2.17. The third kappa shape index (κ3) is 4.77. The lowest BCUT2D eigenvalue weighted by Gasteiger charge is -2.13. The van der Waals surface area contributed by atoms with Gasteiger partial charge in [0.05, 0.1) is 23.3 Å². The summed E-state index contributed by atoms with van der Waals surface area (Å²) in [6, 6.07) is 23.5. The number of ether oxygens (including phenoxy) is 2. The van der Waals surface area contributed by atoms with Gasteiger partial charge in [-0.15, -0.1) is 0 Å². The summed E-state index contributed by atoms with van der Waals surface area (Å²) in [5, 5.41) is 16.1. The van der Waals surface area contributed by atoms with Crippen LogP contribution < -0.4 is 14.8 Å².